The molecule has 5 nitrogen and oxygen atoms in total. The molecule has 21 heavy (non-hydrogen) atoms. The van der Waals surface area contributed by atoms with E-state index in [0.29, 0.717) is 11.3 Å². The molecule has 2 aromatic carbocycles. The van der Waals surface area contributed by atoms with Crippen LogP contribution in [-0.4, -0.2) is 22.0 Å². The lowest BCUT2D eigenvalue weighted by atomic mass is 10.1. The molecule has 3 rings (SSSR count). The molecule has 3 N–H and O–H groups in total. The first-order valence-corrected chi connectivity index (χ1v) is 6.35. The standard InChI is InChI=1S/C16H12N2O3/c19-15(12-3-6-14-11(9-12)7-8-17-14)18-13-4-1-10(2-5-13)16(20)21/h1-9,17H,(H,18,19)(H,20,21). The first-order chi connectivity index (χ1) is 10.1. The van der Waals surface area contributed by atoms with Crippen LogP contribution in [0.3, 0.4) is 0 Å². The van der Waals surface area contributed by atoms with Crippen LogP contribution in [0.15, 0.2) is 54.7 Å². The smallest absolute Gasteiger partial charge is 0.335 e. The van der Waals surface area contributed by atoms with Gasteiger partial charge in [0.1, 0.15) is 0 Å². The van der Waals surface area contributed by atoms with E-state index in [4.69, 9.17) is 5.11 Å². The minimum Gasteiger partial charge on any atom is -0.478 e. The Hall–Kier alpha value is -3.08. The van der Waals surface area contributed by atoms with Crippen molar-refractivity contribution in [1.29, 1.82) is 0 Å². The molecule has 0 bridgehead atoms. The lowest BCUT2D eigenvalue weighted by Gasteiger charge is -2.06. The van der Waals surface area contributed by atoms with Crippen molar-refractivity contribution in [3.8, 4) is 0 Å². The molecule has 0 saturated carbocycles. The van der Waals surface area contributed by atoms with Crippen LogP contribution in [0, 0.1) is 0 Å². The van der Waals surface area contributed by atoms with Gasteiger partial charge in [-0.1, -0.05) is 0 Å². The van der Waals surface area contributed by atoms with Crippen molar-refractivity contribution in [3.63, 3.8) is 0 Å². The monoisotopic (exact) mass is 280 g/mol. The van der Waals surface area contributed by atoms with E-state index in [-0.39, 0.29) is 11.5 Å². The summed E-state index contributed by atoms with van der Waals surface area (Å²) in [4.78, 5) is 26.0. The van der Waals surface area contributed by atoms with Gasteiger partial charge in [-0.05, 0) is 48.5 Å². The van der Waals surface area contributed by atoms with Crippen LogP contribution < -0.4 is 5.32 Å². The number of amides is 1. The first kappa shape index (κ1) is 12.9. The summed E-state index contributed by atoms with van der Waals surface area (Å²) < 4.78 is 0. The van der Waals surface area contributed by atoms with Crippen LogP contribution in [0.25, 0.3) is 10.9 Å². The number of H-pyrrole nitrogens is 1. The fourth-order valence-electron chi connectivity index (χ4n) is 2.09. The van der Waals surface area contributed by atoms with Crippen molar-refractivity contribution >= 4 is 28.5 Å². The molecule has 0 fully saturated rings. The van der Waals surface area contributed by atoms with E-state index in [1.54, 1.807) is 24.3 Å². The van der Waals surface area contributed by atoms with E-state index in [9.17, 15) is 9.59 Å². The molecule has 1 heterocycles. The summed E-state index contributed by atoms with van der Waals surface area (Å²) in [5, 5.41) is 12.5. The number of aromatic amines is 1. The zero-order chi connectivity index (χ0) is 14.8. The highest BCUT2D eigenvalue weighted by molar-refractivity contribution is 6.06. The van der Waals surface area contributed by atoms with Gasteiger partial charge in [-0.15, -0.1) is 0 Å². The SMILES string of the molecule is O=C(O)c1ccc(NC(=O)c2ccc3[nH]ccc3c2)cc1. The van der Waals surface area contributed by atoms with Crippen molar-refractivity contribution in [3.05, 3.63) is 65.9 Å². The summed E-state index contributed by atoms with van der Waals surface area (Å²) >= 11 is 0. The van der Waals surface area contributed by atoms with Gasteiger partial charge in [0.15, 0.2) is 0 Å². The second-order valence-electron chi connectivity index (χ2n) is 4.62. The number of anilines is 1. The summed E-state index contributed by atoms with van der Waals surface area (Å²) in [5.41, 5.74) is 2.25. The highest BCUT2D eigenvalue weighted by Crippen LogP contribution is 2.16. The molecular formula is C16H12N2O3. The summed E-state index contributed by atoms with van der Waals surface area (Å²) in [6.45, 7) is 0. The van der Waals surface area contributed by atoms with E-state index in [2.05, 4.69) is 10.3 Å². The number of nitrogens with one attached hydrogen (secondary N) is 2. The predicted octanol–water partition coefficient (Wildman–Crippen LogP) is 3.12. The fraction of sp³-hybridized carbons (Fsp3) is 0. The second-order valence-corrected chi connectivity index (χ2v) is 4.62. The Kier molecular flexibility index (Phi) is 3.16. The van der Waals surface area contributed by atoms with Gasteiger partial charge in [0.2, 0.25) is 0 Å². The van der Waals surface area contributed by atoms with Gasteiger partial charge in [-0.3, -0.25) is 4.79 Å². The van der Waals surface area contributed by atoms with E-state index < -0.39 is 5.97 Å². The number of hydrogen-bond acceptors (Lipinski definition) is 2. The highest BCUT2D eigenvalue weighted by Gasteiger charge is 2.08. The third-order valence-electron chi connectivity index (χ3n) is 3.21. The maximum absolute atomic E-state index is 12.2. The van der Waals surface area contributed by atoms with Crippen molar-refractivity contribution in [2.45, 2.75) is 0 Å². The van der Waals surface area contributed by atoms with Crippen LogP contribution in [0.5, 0.6) is 0 Å². The number of hydrogen-bond donors (Lipinski definition) is 3. The van der Waals surface area contributed by atoms with Gasteiger partial charge < -0.3 is 15.4 Å². The Morgan fingerprint density at radius 3 is 2.38 bits per heavy atom. The third kappa shape index (κ3) is 2.62. The number of aromatic carboxylic acids is 1. The number of benzene rings is 2. The average Bonchev–Trinajstić information content (AvgIpc) is 2.95. The Morgan fingerprint density at radius 1 is 0.952 bits per heavy atom. The Balaban J connectivity index is 1.80. The third-order valence-corrected chi connectivity index (χ3v) is 3.21. The first-order valence-electron chi connectivity index (χ1n) is 6.35. The molecule has 1 aromatic heterocycles. The van der Waals surface area contributed by atoms with E-state index in [1.807, 2.05) is 18.3 Å². The number of carboxylic acid groups (broad SMARTS) is 1. The van der Waals surface area contributed by atoms with E-state index in [0.717, 1.165) is 10.9 Å². The van der Waals surface area contributed by atoms with Gasteiger partial charge in [0.25, 0.3) is 5.91 Å². The number of aromatic nitrogens is 1. The lowest BCUT2D eigenvalue weighted by molar-refractivity contribution is 0.0696. The van der Waals surface area contributed by atoms with Gasteiger partial charge in [0.05, 0.1) is 5.56 Å². The molecule has 1 amide bonds. The zero-order valence-electron chi connectivity index (χ0n) is 11.0. The van der Waals surface area contributed by atoms with Gasteiger partial charge in [-0.25, -0.2) is 4.79 Å². The molecule has 0 unspecified atom stereocenters. The second kappa shape index (κ2) is 5.13. The molecule has 0 aliphatic carbocycles. The molecule has 0 spiro atoms. The quantitative estimate of drug-likeness (QED) is 0.689. The molecule has 0 saturated heterocycles. The Bertz CT molecular complexity index is 819. The van der Waals surface area contributed by atoms with Gasteiger partial charge in [0, 0.05) is 28.4 Å². The Morgan fingerprint density at radius 2 is 1.67 bits per heavy atom. The lowest BCUT2D eigenvalue weighted by Crippen LogP contribution is -2.11. The summed E-state index contributed by atoms with van der Waals surface area (Å²) in [5.74, 6) is -1.23. The van der Waals surface area contributed by atoms with Gasteiger partial charge >= 0.3 is 5.97 Å². The topological polar surface area (TPSA) is 82.2 Å². The van der Waals surface area contributed by atoms with Crippen LogP contribution in [0.1, 0.15) is 20.7 Å². The van der Waals surface area contributed by atoms with E-state index in [1.165, 1.54) is 12.1 Å². The molecular weight excluding hydrogens is 268 g/mol. The molecule has 104 valence electrons. The van der Waals surface area contributed by atoms with Crippen LogP contribution >= 0.6 is 0 Å². The largest absolute Gasteiger partial charge is 0.478 e. The number of rotatable bonds is 3. The number of carbonyl (C=O) groups excluding carboxylic acids is 1. The molecule has 0 aliphatic rings. The summed E-state index contributed by atoms with van der Waals surface area (Å²) in [7, 11) is 0. The van der Waals surface area contributed by atoms with Crippen molar-refractivity contribution in [2.24, 2.45) is 0 Å². The fourth-order valence-corrected chi connectivity index (χ4v) is 2.09. The average molecular weight is 280 g/mol. The highest BCUT2D eigenvalue weighted by atomic mass is 16.4. The molecule has 5 heteroatoms. The number of carboxylic acids is 1. The molecule has 0 atom stereocenters. The van der Waals surface area contributed by atoms with Crippen LogP contribution in [0.2, 0.25) is 0 Å². The minimum absolute atomic E-state index is 0.182. The maximum atomic E-state index is 12.2. The molecule has 3 aromatic rings. The summed E-state index contributed by atoms with van der Waals surface area (Å²) in [6, 6.07) is 13.3. The normalized spacial score (nSPS) is 10.5. The summed E-state index contributed by atoms with van der Waals surface area (Å²) in [6.07, 6.45) is 1.82. The van der Waals surface area contributed by atoms with Crippen molar-refractivity contribution in [1.82, 2.24) is 4.98 Å². The van der Waals surface area contributed by atoms with Crippen LogP contribution in [0.4, 0.5) is 5.69 Å². The maximum Gasteiger partial charge on any atom is 0.335 e. The van der Waals surface area contributed by atoms with Crippen molar-refractivity contribution < 1.29 is 14.7 Å². The van der Waals surface area contributed by atoms with E-state index >= 15 is 0 Å². The van der Waals surface area contributed by atoms with Gasteiger partial charge in [-0.2, -0.15) is 0 Å². The van der Waals surface area contributed by atoms with Crippen LogP contribution in [-0.2, 0) is 0 Å². The number of fused-ring (bicyclic) bond motifs is 1. The predicted molar refractivity (Wildman–Crippen MR) is 79.7 cm³/mol. The Labute approximate surface area is 120 Å². The number of carbonyl (C=O) groups is 2. The molecule has 0 radical (unpaired) electrons. The molecule has 0 aliphatic heterocycles. The zero-order valence-corrected chi connectivity index (χ0v) is 11.0. The minimum atomic E-state index is -0.995. The van der Waals surface area contributed by atoms with Crippen molar-refractivity contribution in [2.75, 3.05) is 5.32 Å².